The lowest BCUT2D eigenvalue weighted by Crippen LogP contribution is -2.40. The Balaban J connectivity index is 1.92. The van der Waals surface area contributed by atoms with E-state index in [1.807, 2.05) is 0 Å². The highest BCUT2D eigenvalue weighted by molar-refractivity contribution is 5.96. The molecule has 0 atom stereocenters. The number of aryl methyl sites for hydroxylation is 1. The van der Waals surface area contributed by atoms with Crippen LogP contribution >= 0.6 is 0 Å². The Morgan fingerprint density at radius 3 is 2.48 bits per heavy atom. The van der Waals surface area contributed by atoms with Crippen molar-refractivity contribution in [1.29, 1.82) is 0 Å². The van der Waals surface area contributed by atoms with Crippen molar-refractivity contribution < 1.29 is 14.7 Å². The van der Waals surface area contributed by atoms with Gasteiger partial charge in [-0.2, -0.15) is 0 Å². The third kappa shape index (κ3) is 2.81. The summed E-state index contributed by atoms with van der Waals surface area (Å²) in [5, 5.41) is 8.92. The number of aromatic nitrogens is 2. The Hall–Kier alpha value is -2.18. The summed E-state index contributed by atoms with van der Waals surface area (Å²) in [6.45, 7) is 1.24. The van der Waals surface area contributed by atoms with Crippen LogP contribution < -0.4 is 5.56 Å². The number of nitrogens with zero attached hydrogens (tertiary/aromatic N) is 2. The van der Waals surface area contributed by atoms with Crippen LogP contribution in [0.25, 0.3) is 0 Å². The topological polar surface area (TPSA) is 103 Å². The van der Waals surface area contributed by atoms with Crippen LogP contribution in [-0.2, 0) is 4.79 Å². The lowest BCUT2D eigenvalue weighted by Gasteiger charge is -2.20. The molecule has 0 aromatic carbocycles. The normalized spacial score (nSPS) is 17.6. The Labute approximate surface area is 121 Å². The molecule has 7 nitrogen and oxygen atoms in total. The zero-order valence-electron chi connectivity index (χ0n) is 11.8. The van der Waals surface area contributed by atoms with Crippen LogP contribution in [0.2, 0.25) is 0 Å². The summed E-state index contributed by atoms with van der Waals surface area (Å²) in [5.74, 6) is -0.690. The number of H-pyrrole nitrogens is 1. The molecule has 7 heteroatoms. The van der Waals surface area contributed by atoms with Crippen molar-refractivity contribution in [2.24, 2.45) is 0 Å². The third-order valence-electron chi connectivity index (χ3n) is 3.85. The quantitative estimate of drug-likeness (QED) is 0.828. The van der Waals surface area contributed by atoms with Crippen molar-refractivity contribution >= 4 is 11.9 Å². The van der Waals surface area contributed by atoms with E-state index in [2.05, 4.69) is 9.97 Å². The Morgan fingerprint density at radius 2 is 2.00 bits per heavy atom. The number of carbonyl (C=O) groups excluding carboxylic acids is 1. The first kappa shape index (κ1) is 13.8. The molecule has 0 spiro atoms. The molecule has 1 heterocycles. The molecule has 2 fully saturated rings. The number of carboxylic acids is 1. The van der Waals surface area contributed by atoms with Gasteiger partial charge in [-0.3, -0.25) is 14.4 Å². The van der Waals surface area contributed by atoms with E-state index in [1.54, 1.807) is 6.92 Å². The molecule has 0 unspecified atom stereocenters. The predicted molar refractivity (Wildman–Crippen MR) is 73.3 cm³/mol. The molecule has 2 aliphatic rings. The average molecular weight is 291 g/mol. The van der Waals surface area contributed by atoms with Gasteiger partial charge < -0.3 is 15.0 Å². The molecule has 21 heavy (non-hydrogen) atoms. The second kappa shape index (κ2) is 4.98. The first-order valence-corrected chi connectivity index (χ1v) is 7.11. The molecular formula is C14H17N3O4. The van der Waals surface area contributed by atoms with E-state index < -0.39 is 17.4 Å². The Bertz CT molecular complexity index is 659. The smallest absolute Gasteiger partial charge is 0.323 e. The van der Waals surface area contributed by atoms with Crippen molar-refractivity contribution in [2.75, 3.05) is 6.54 Å². The fourth-order valence-corrected chi connectivity index (χ4v) is 2.45. The van der Waals surface area contributed by atoms with E-state index in [1.165, 1.54) is 4.90 Å². The summed E-state index contributed by atoms with van der Waals surface area (Å²) in [5.41, 5.74) is -0.125. The first-order valence-electron chi connectivity index (χ1n) is 7.11. The first-order chi connectivity index (χ1) is 9.97. The second-order valence-electron chi connectivity index (χ2n) is 5.74. The van der Waals surface area contributed by atoms with Crippen molar-refractivity contribution in [2.45, 2.75) is 44.6 Å². The minimum atomic E-state index is -1.08. The van der Waals surface area contributed by atoms with Crippen LogP contribution in [0.5, 0.6) is 0 Å². The molecule has 112 valence electrons. The Kier molecular flexibility index (Phi) is 3.27. The molecule has 0 aliphatic heterocycles. The molecule has 1 amide bonds. The lowest BCUT2D eigenvalue weighted by molar-refractivity contribution is -0.137. The van der Waals surface area contributed by atoms with Crippen LogP contribution in [0.1, 0.15) is 53.5 Å². The van der Waals surface area contributed by atoms with Gasteiger partial charge in [0.2, 0.25) is 0 Å². The average Bonchev–Trinajstić information content (AvgIpc) is 3.27. The zero-order chi connectivity index (χ0) is 15.1. The molecule has 1 aromatic rings. The lowest BCUT2D eigenvalue weighted by atomic mass is 10.2. The van der Waals surface area contributed by atoms with Crippen molar-refractivity contribution in [3.8, 4) is 0 Å². The number of hydrogen-bond acceptors (Lipinski definition) is 4. The van der Waals surface area contributed by atoms with Gasteiger partial charge in [-0.25, -0.2) is 4.98 Å². The number of aromatic amines is 1. The van der Waals surface area contributed by atoms with Crippen LogP contribution in [0.3, 0.4) is 0 Å². The largest absolute Gasteiger partial charge is 0.480 e. The second-order valence-corrected chi connectivity index (χ2v) is 5.74. The fraction of sp³-hybridized carbons (Fsp3) is 0.571. The monoisotopic (exact) mass is 291 g/mol. The highest BCUT2D eigenvalue weighted by Gasteiger charge is 2.36. The number of carbonyl (C=O) groups is 2. The molecule has 2 N–H and O–H groups in total. The Morgan fingerprint density at radius 1 is 1.33 bits per heavy atom. The number of hydrogen-bond donors (Lipinski definition) is 2. The van der Waals surface area contributed by atoms with Crippen molar-refractivity contribution in [1.82, 2.24) is 14.9 Å². The van der Waals surface area contributed by atoms with Crippen LogP contribution in [0.15, 0.2) is 4.79 Å². The summed E-state index contributed by atoms with van der Waals surface area (Å²) in [6.07, 6.45) is 3.57. The molecule has 3 rings (SSSR count). The predicted octanol–water partition coefficient (Wildman–Crippen LogP) is 0.645. The van der Waals surface area contributed by atoms with Crippen molar-refractivity contribution in [3.05, 3.63) is 27.4 Å². The zero-order valence-corrected chi connectivity index (χ0v) is 11.8. The highest BCUT2D eigenvalue weighted by Crippen LogP contribution is 2.37. The van der Waals surface area contributed by atoms with Gasteiger partial charge in [-0.15, -0.1) is 0 Å². The molecule has 2 aliphatic carbocycles. The standard InChI is InChI=1S/C14H17N3O4/c1-7-11(13(20)16-12(15-7)8-2-3-8)14(21)17(6-10(18)19)9-4-5-9/h8-9H,2-6H2,1H3,(H,18,19)(H,15,16,20). The van der Waals surface area contributed by atoms with E-state index in [9.17, 15) is 14.4 Å². The number of amides is 1. The van der Waals surface area contributed by atoms with Gasteiger partial charge in [0, 0.05) is 12.0 Å². The van der Waals surface area contributed by atoms with Crippen molar-refractivity contribution in [3.63, 3.8) is 0 Å². The van der Waals surface area contributed by atoms with E-state index in [0.29, 0.717) is 17.4 Å². The minimum absolute atomic E-state index is 0.0347. The minimum Gasteiger partial charge on any atom is -0.480 e. The van der Waals surface area contributed by atoms with Gasteiger partial charge >= 0.3 is 5.97 Å². The van der Waals surface area contributed by atoms with E-state index in [-0.39, 0.29) is 18.2 Å². The third-order valence-corrected chi connectivity index (χ3v) is 3.85. The molecule has 0 radical (unpaired) electrons. The molecule has 2 saturated carbocycles. The summed E-state index contributed by atoms with van der Waals surface area (Å²) in [4.78, 5) is 43.8. The number of carboxylic acid groups (broad SMARTS) is 1. The molecule has 0 saturated heterocycles. The summed E-state index contributed by atoms with van der Waals surface area (Å²) in [6, 6.07) is -0.0736. The molecular weight excluding hydrogens is 274 g/mol. The van der Waals surface area contributed by atoms with Gasteiger partial charge in [-0.1, -0.05) is 0 Å². The van der Waals surface area contributed by atoms with Crippen LogP contribution in [0, 0.1) is 6.92 Å². The fourth-order valence-electron chi connectivity index (χ4n) is 2.45. The van der Waals surface area contributed by atoms with Crippen LogP contribution in [0.4, 0.5) is 0 Å². The SMILES string of the molecule is Cc1nc(C2CC2)[nH]c(=O)c1C(=O)N(CC(=O)O)C1CC1. The highest BCUT2D eigenvalue weighted by atomic mass is 16.4. The van der Waals surface area contributed by atoms with E-state index in [4.69, 9.17) is 5.11 Å². The molecule has 1 aromatic heterocycles. The van der Waals surface area contributed by atoms with Crippen LogP contribution in [-0.4, -0.2) is 44.4 Å². The summed E-state index contributed by atoms with van der Waals surface area (Å²) >= 11 is 0. The number of nitrogens with one attached hydrogen (secondary N) is 1. The van der Waals surface area contributed by atoms with E-state index in [0.717, 1.165) is 25.7 Å². The van der Waals surface area contributed by atoms with Gasteiger partial charge in [0.05, 0.1) is 5.69 Å². The maximum absolute atomic E-state index is 12.5. The maximum atomic E-state index is 12.5. The van der Waals surface area contributed by atoms with Gasteiger partial charge in [0.25, 0.3) is 11.5 Å². The van der Waals surface area contributed by atoms with Gasteiger partial charge in [0.15, 0.2) is 0 Å². The summed E-state index contributed by atoms with van der Waals surface area (Å²) < 4.78 is 0. The van der Waals surface area contributed by atoms with Gasteiger partial charge in [0.1, 0.15) is 17.9 Å². The van der Waals surface area contributed by atoms with E-state index >= 15 is 0 Å². The number of rotatable bonds is 5. The molecule has 0 bridgehead atoms. The van der Waals surface area contributed by atoms with Gasteiger partial charge in [-0.05, 0) is 32.6 Å². The number of aliphatic carboxylic acids is 1. The maximum Gasteiger partial charge on any atom is 0.323 e. The summed E-state index contributed by atoms with van der Waals surface area (Å²) in [7, 11) is 0.